The topological polar surface area (TPSA) is 62.1 Å². The van der Waals surface area contributed by atoms with Crippen LogP contribution in [0.5, 0.6) is 0 Å². The van der Waals surface area contributed by atoms with Gasteiger partial charge in [-0.25, -0.2) is 4.90 Å². The number of benzene rings is 1. The normalized spacial score (nSPS) is 25.3. The summed E-state index contributed by atoms with van der Waals surface area (Å²) >= 11 is 1.27. The Morgan fingerprint density at radius 3 is 2.74 bits per heavy atom. The van der Waals surface area contributed by atoms with Crippen LogP contribution in [-0.4, -0.2) is 33.3 Å². The van der Waals surface area contributed by atoms with Gasteiger partial charge >= 0.3 is 0 Å². The summed E-state index contributed by atoms with van der Waals surface area (Å²) in [5, 5.41) is 8.96. The summed E-state index contributed by atoms with van der Waals surface area (Å²) in [4.78, 5) is 25.8. The highest BCUT2D eigenvalue weighted by Gasteiger charge is 2.34. The standard InChI is InChI=1S/C17H19N3O2S/c1-12-7-5-6-10-14(12)18-19-17-20(15(21)11-23-17)16(22)13-8-3-2-4-9-13/h2-4,8-9,12H,5-7,10-11H2,1H3/b18-14-,19-17+. The van der Waals surface area contributed by atoms with Crippen molar-refractivity contribution in [3.63, 3.8) is 0 Å². The van der Waals surface area contributed by atoms with E-state index in [0.29, 0.717) is 16.6 Å². The maximum Gasteiger partial charge on any atom is 0.266 e. The lowest BCUT2D eigenvalue weighted by Gasteiger charge is -2.19. The van der Waals surface area contributed by atoms with Gasteiger partial charge in [0.2, 0.25) is 5.91 Å². The van der Waals surface area contributed by atoms with E-state index in [1.807, 2.05) is 6.07 Å². The first-order valence-electron chi connectivity index (χ1n) is 7.86. The predicted octanol–water partition coefficient (Wildman–Crippen LogP) is 3.32. The molecule has 0 bridgehead atoms. The zero-order valence-corrected chi connectivity index (χ0v) is 13.9. The van der Waals surface area contributed by atoms with Gasteiger partial charge in [-0.2, -0.15) is 5.10 Å². The molecule has 0 aromatic heterocycles. The van der Waals surface area contributed by atoms with Crippen LogP contribution in [0.4, 0.5) is 0 Å². The second kappa shape index (κ2) is 7.08. The number of thioether (sulfide) groups is 1. The first-order chi connectivity index (χ1) is 11.2. The van der Waals surface area contributed by atoms with Crippen molar-refractivity contribution in [2.45, 2.75) is 32.6 Å². The van der Waals surface area contributed by atoms with Crippen molar-refractivity contribution in [1.82, 2.24) is 4.90 Å². The molecular formula is C17H19N3O2S. The van der Waals surface area contributed by atoms with Gasteiger partial charge in [0.05, 0.1) is 5.75 Å². The van der Waals surface area contributed by atoms with E-state index in [2.05, 4.69) is 17.1 Å². The third-order valence-corrected chi connectivity index (χ3v) is 5.06. The lowest BCUT2D eigenvalue weighted by Crippen LogP contribution is -2.35. The Bertz CT molecular complexity index is 670. The van der Waals surface area contributed by atoms with Crippen LogP contribution in [0.3, 0.4) is 0 Å². The molecule has 1 aliphatic carbocycles. The molecule has 6 heteroatoms. The van der Waals surface area contributed by atoms with Crippen LogP contribution in [-0.2, 0) is 4.79 Å². The lowest BCUT2D eigenvalue weighted by atomic mass is 9.89. The molecule has 0 radical (unpaired) electrons. The summed E-state index contributed by atoms with van der Waals surface area (Å²) < 4.78 is 0. The summed E-state index contributed by atoms with van der Waals surface area (Å²) in [6, 6.07) is 8.79. The molecule has 2 fully saturated rings. The molecule has 3 rings (SSSR count). The van der Waals surface area contributed by atoms with Crippen molar-refractivity contribution in [3.05, 3.63) is 35.9 Å². The number of amidine groups is 1. The van der Waals surface area contributed by atoms with Gasteiger partial charge in [-0.15, -0.1) is 5.10 Å². The van der Waals surface area contributed by atoms with Crippen molar-refractivity contribution >= 4 is 34.5 Å². The fourth-order valence-electron chi connectivity index (χ4n) is 2.77. The average Bonchev–Trinajstić information content (AvgIpc) is 2.95. The zero-order chi connectivity index (χ0) is 16.2. The summed E-state index contributed by atoms with van der Waals surface area (Å²) in [7, 11) is 0. The Hall–Kier alpha value is -1.95. The predicted molar refractivity (Wildman–Crippen MR) is 92.6 cm³/mol. The maximum atomic E-state index is 12.5. The van der Waals surface area contributed by atoms with Crippen LogP contribution < -0.4 is 0 Å². The fraction of sp³-hybridized carbons (Fsp3) is 0.412. The van der Waals surface area contributed by atoms with Gasteiger partial charge in [0.25, 0.3) is 5.91 Å². The largest absolute Gasteiger partial charge is 0.273 e. The molecule has 1 atom stereocenters. The van der Waals surface area contributed by atoms with Gasteiger partial charge in [0.15, 0.2) is 5.17 Å². The van der Waals surface area contributed by atoms with Gasteiger partial charge in [0, 0.05) is 11.3 Å². The molecule has 5 nitrogen and oxygen atoms in total. The highest BCUT2D eigenvalue weighted by Crippen LogP contribution is 2.24. The molecule has 1 heterocycles. The van der Waals surface area contributed by atoms with Gasteiger partial charge in [0.1, 0.15) is 0 Å². The van der Waals surface area contributed by atoms with Crippen molar-refractivity contribution in [2.24, 2.45) is 16.1 Å². The number of amides is 2. The highest BCUT2D eigenvalue weighted by atomic mass is 32.2. The van der Waals surface area contributed by atoms with Gasteiger partial charge in [-0.05, 0) is 37.3 Å². The number of rotatable bonds is 2. The summed E-state index contributed by atoms with van der Waals surface area (Å²) in [6.07, 6.45) is 4.43. The Labute approximate surface area is 139 Å². The minimum absolute atomic E-state index is 0.234. The van der Waals surface area contributed by atoms with E-state index in [1.165, 1.54) is 18.2 Å². The van der Waals surface area contributed by atoms with Gasteiger partial charge in [-0.1, -0.05) is 43.3 Å². The van der Waals surface area contributed by atoms with Crippen LogP contribution >= 0.6 is 11.8 Å². The molecule has 1 saturated heterocycles. The smallest absolute Gasteiger partial charge is 0.266 e. The molecule has 23 heavy (non-hydrogen) atoms. The summed E-state index contributed by atoms with van der Waals surface area (Å²) in [5.74, 6) is 0.0851. The van der Waals surface area contributed by atoms with Crippen molar-refractivity contribution in [2.75, 3.05) is 5.75 Å². The Morgan fingerprint density at radius 1 is 1.22 bits per heavy atom. The van der Waals surface area contributed by atoms with Crippen molar-refractivity contribution in [3.8, 4) is 0 Å². The second-order valence-electron chi connectivity index (χ2n) is 5.81. The molecule has 0 N–H and O–H groups in total. The average molecular weight is 329 g/mol. The molecule has 2 amide bonds. The molecule has 1 aromatic carbocycles. The highest BCUT2D eigenvalue weighted by molar-refractivity contribution is 8.15. The first-order valence-corrected chi connectivity index (χ1v) is 8.85. The fourth-order valence-corrected chi connectivity index (χ4v) is 3.56. The lowest BCUT2D eigenvalue weighted by molar-refractivity contribution is -0.122. The van der Waals surface area contributed by atoms with E-state index in [1.54, 1.807) is 24.3 Å². The summed E-state index contributed by atoms with van der Waals surface area (Å²) in [5.41, 5.74) is 1.55. The second-order valence-corrected chi connectivity index (χ2v) is 6.75. The third-order valence-electron chi connectivity index (χ3n) is 4.14. The number of hydrogen-bond acceptors (Lipinski definition) is 5. The number of carbonyl (C=O) groups excluding carboxylic acids is 2. The summed E-state index contributed by atoms with van der Waals surface area (Å²) in [6.45, 7) is 2.15. The number of carbonyl (C=O) groups is 2. The Balaban J connectivity index is 1.83. The van der Waals surface area contributed by atoms with Gasteiger partial charge < -0.3 is 0 Å². The number of imide groups is 1. The minimum Gasteiger partial charge on any atom is -0.273 e. The van der Waals surface area contributed by atoms with Gasteiger partial charge in [-0.3, -0.25) is 9.59 Å². The molecule has 1 aromatic rings. The van der Waals surface area contributed by atoms with E-state index < -0.39 is 0 Å². The van der Waals surface area contributed by atoms with Crippen molar-refractivity contribution < 1.29 is 9.59 Å². The van der Waals surface area contributed by atoms with Crippen molar-refractivity contribution in [1.29, 1.82) is 0 Å². The Morgan fingerprint density at radius 2 is 2.00 bits per heavy atom. The first kappa shape index (κ1) is 15.9. The molecule has 120 valence electrons. The van der Waals surface area contributed by atoms with Crippen LogP contribution in [0.15, 0.2) is 40.5 Å². The van der Waals surface area contributed by atoms with E-state index >= 15 is 0 Å². The van der Waals surface area contributed by atoms with Crippen LogP contribution in [0.2, 0.25) is 0 Å². The zero-order valence-electron chi connectivity index (χ0n) is 13.1. The third kappa shape index (κ3) is 3.52. The van der Waals surface area contributed by atoms with E-state index in [0.717, 1.165) is 29.9 Å². The molecule has 1 saturated carbocycles. The number of hydrogen-bond donors (Lipinski definition) is 0. The number of nitrogens with zero attached hydrogens (tertiary/aromatic N) is 3. The van der Waals surface area contributed by atoms with E-state index in [4.69, 9.17) is 0 Å². The van der Waals surface area contributed by atoms with Crippen LogP contribution in [0.25, 0.3) is 0 Å². The van der Waals surface area contributed by atoms with E-state index in [9.17, 15) is 9.59 Å². The molecule has 2 aliphatic rings. The van der Waals surface area contributed by atoms with Crippen LogP contribution in [0, 0.1) is 5.92 Å². The molecular weight excluding hydrogens is 310 g/mol. The molecule has 1 unspecified atom stereocenters. The van der Waals surface area contributed by atoms with E-state index in [-0.39, 0.29) is 17.6 Å². The Kier molecular flexibility index (Phi) is 4.91. The van der Waals surface area contributed by atoms with Crippen LogP contribution in [0.1, 0.15) is 43.0 Å². The molecule has 1 aliphatic heterocycles. The minimum atomic E-state index is -0.337. The monoisotopic (exact) mass is 329 g/mol. The quantitative estimate of drug-likeness (QED) is 0.617. The molecule has 0 spiro atoms. The SMILES string of the molecule is CC1CCCC/C1=N/N=C1/SCC(=O)N1C(=O)c1ccccc1. The maximum absolute atomic E-state index is 12.5.